The Balaban J connectivity index is 2.09. The molecule has 23 heavy (non-hydrogen) atoms. The molecule has 122 valence electrons. The fourth-order valence-electron chi connectivity index (χ4n) is 2.20. The van der Waals surface area contributed by atoms with Crippen LogP contribution in [-0.4, -0.2) is 37.8 Å². The Morgan fingerprint density at radius 3 is 2.65 bits per heavy atom. The minimum atomic E-state index is -0.220. The number of rotatable bonds is 7. The largest absolute Gasteiger partial charge is 0.495 e. The molecule has 6 heteroatoms. The molecular formula is C17H19ClN2O3. The fourth-order valence-corrected chi connectivity index (χ4v) is 2.37. The van der Waals surface area contributed by atoms with Crippen molar-refractivity contribution >= 4 is 28.9 Å². The van der Waals surface area contributed by atoms with Gasteiger partial charge in [0, 0.05) is 17.3 Å². The van der Waals surface area contributed by atoms with E-state index in [-0.39, 0.29) is 19.1 Å². The van der Waals surface area contributed by atoms with Gasteiger partial charge in [-0.1, -0.05) is 29.8 Å². The van der Waals surface area contributed by atoms with E-state index in [9.17, 15) is 9.90 Å². The van der Waals surface area contributed by atoms with E-state index in [1.165, 1.54) is 7.11 Å². The molecule has 0 radical (unpaired) electrons. The maximum Gasteiger partial charge on any atom is 0.243 e. The minimum Gasteiger partial charge on any atom is -0.495 e. The number of aliphatic hydroxyl groups excluding tert-OH is 1. The van der Waals surface area contributed by atoms with Crippen molar-refractivity contribution in [3.63, 3.8) is 0 Å². The van der Waals surface area contributed by atoms with E-state index in [0.717, 1.165) is 5.69 Å². The summed E-state index contributed by atoms with van der Waals surface area (Å²) in [6.45, 7) is 0.438. The van der Waals surface area contributed by atoms with Crippen LogP contribution in [0.25, 0.3) is 0 Å². The minimum absolute atomic E-state index is 0.0390. The van der Waals surface area contributed by atoms with Crippen LogP contribution in [0.2, 0.25) is 5.02 Å². The van der Waals surface area contributed by atoms with Crippen molar-refractivity contribution in [2.75, 3.05) is 37.0 Å². The molecule has 0 bridgehead atoms. The Morgan fingerprint density at radius 1 is 1.26 bits per heavy atom. The zero-order valence-corrected chi connectivity index (χ0v) is 13.6. The van der Waals surface area contributed by atoms with Gasteiger partial charge in [-0.3, -0.25) is 4.79 Å². The van der Waals surface area contributed by atoms with Crippen LogP contribution in [0.4, 0.5) is 11.4 Å². The quantitative estimate of drug-likeness (QED) is 0.817. The molecule has 0 saturated carbocycles. The summed E-state index contributed by atoms with van der Waals surface area (Å²) >= 11 is 5.96. The summed E-state index contributed by atoms with van der Waals surface area (Å²) in [6, 6.07) is 14.5. The first-order chi connectivity index (χ1) is 11.1. The van der Waals surface area contributed by atoms with Crippen molar-refractivity contribution in [1.82, 2.24) is 0 Å². The van der Waals surface area contributed by atoms with Crippen molar-refractivity contribution in [1.29, 1.82) is 0 Å². The number of carbonyl (C=O) groups is 1. The molecule has 0 saturated heterocycles. The lowest BCUT2D eigenvalue weighted by molar-refractivity contribution is -0.115. The number of hydrogen-bond acceptors (Lipinski definition) is 4. The van der Waals surface area contributed by atoms with Crippen LogP contribution in [0.5, 0.6) is 5.75 Å². The lowest BCUT2D eigenvalue weighted by Crippen LogP contribution is -2.35. The number of carbonyl (C=O) groups excluding carboxylic acids is 1. The van der Waals surface area contributed by atoms with Crippen molar-refractivity contribution in [2.24, 2.45) is 0 Å². The van der Waals surface area contributed by atoms with Gasteiger partial charge in [-0.2, -0.15) is 0 Å². The SMILES string of the molecule is COc1ccc(Cl)cc1NC(=O)CN(CCO)c1ccccc1. The lowest BCUT2D eigenvalue weighted by atomic mass is 10.2. The number of halogens is 1. The number of anilines is 2. The maximum absolute atomic E-state index is 12.3. The van der Waals surface area contributed by atoms with E-state index >= 15 is 0 Å². The number of para-hydroxylation sites is 1. The van der Waals surface area contributed by atoms with Crippen molar-refractivity contribution in [3.05, 3.63) is 53.6 Å². The van der Waals surface area contributed by atoms with Gasteiger partial charge in [-0.25, -0.2) is 0 Å². The average Bonchev–Trinajstić information content (AvgIpc) is 2.55. The predicted molar refractivity (Wildman–Crippen MR) is 92.4 cm³/mol. The molecule has 0 heterocycles. The normalized spacial score (nSPS) is 10.2. The Labute approximate surface area is 140 Å². The molecule has 0 aliphatic rings. The van der Waals surface area contributed by atoms with Gasteiger partial charge in [0.2, 0.25) is 5.91 Å². The Kier molecular flexibility index (Phi) is 6.26. The monoisotopic (exact) mass is 334 g/mol. The number of methoxy groups -OCH3 is 1. The van der Waals surface area contributed by atoms with E-state index in [0.29, 0.717) is 23.0 Å². The number of hydrogen-bond donors (Lipinski definition) is 2. The zero-order valence-electron chi connectivity index (χ0n) is 12.8. The van der Waals surface area contributed by atoms with Crippen LogP contribution >= 0.6 is 11.6 Å². The third-order valence-corrected chi connectivity index (χ3v) is 3.50. The molecule has 0 aliphatic heterocycles. The summed E-state index contributed by atoms with van der Waals surface area (Å²) in [6.07, 6.45) is 0. The molecule has 2 aromatic rings. The van der Waals surface area contributed by atoms with Gasteiger partial charge in [0.1, 0.15) is 5.75 Å². The molecule has 0 unspecified atom stereocenters. The fraction of sp³-hybridized carbons (Fsp3) is 0.235. The first-order valence-corrected chi connectivity index (χ1v) is 7.56. The third kappa shape index (κ3) is 4.87. The number of nitrogens with one attached hydrogen (secondary N) is 1. The number of aliphatic hydroxyl groups is 1. The number of nitrogens with zero attached hydrogens (tertiary/aromatic N) is 1. The van der Waals surface area contributed by atoms with Crippen molar-refractivity contribution < 1.29 is 14.6 Å². The van der Waals surface area contributed by atoms with Gasteiger partial charge in [-0.15, -0.1) is 0 Å². The molecule has 0 aliphatic carbocycles. The maximum atomic E-state index is 12.3. The molecule has 0 spiro atoms. The summed E-state index contributed by atoms with van der Waals surface area (Å²) in [7, 11) is 1.53. The first kappa shape index (κ1) is 17.1. The summed E-state index contributed by atoms with van der Waals surface area (Å²) in [4.78, 5) is 14.1. The lowest BCUT2D eigenvalue weighted by Gasteiger charge is -2.23. The number of amides is 1. The molecule has 0 aromatic heterocycles. The van der Waals surface area contributed by atoms with Crippen LogP contribution < -0.4 is 15.0 Å². The Bertz CT molecular complexity index is 650. The second kappa shape index (κ2) is 8.41. The highest BCUT2D eigenvalue weighted by atomic mass is 35.5. The molecule has 2 N–H and O–H groups in total. The average molecular weight is 335 g/mol. The number of ether oxygens (including phenoxy) is 1. The van der Waals surface area contributed by atoms with Gasteiger partial charge in [0.15, 0.2) is 0 Å². The van der Waals surface area contributed by atoms with Crippen molar-refractivity contribution in [2.45, 2.75) is 0 Å². The van der Waals surface area contributed by atoms with Gasteiger partial charge in [-0.05, 0) is 30.3 Å². The summed E-state index contributed by atoms with van der Waals surface area (Å²) in [5.74, 6) is 0.319. The highest BCUT2D eigenvalue weighted by molar-refractivity contribution is 6.31. The molecule has 5 nitrogen and oxygen atoms in total. The van der Waals surface area contributed by atoms with Crippen LogP contribution in [-0.2, 0) is 4.79 Å². The summed E-state index contributed by atoms with van der Waals surface area (Å²) in [5.41, 5.74) is 1.39. The van der Waals surface area contributed by atoms with Crippen LogP contribution in [0.1, 0.15) is 0 Å². The molecule has 2 aromatic carbocycles. The second-order valence-corrected chi connectivity index (χ2v) is 5.31. The van der Waals surface area contributed by atoms with Crippen molar-refractivity contribution in [3.8, 4) is 5.75 Å². The summed E-state index contributed by atoms with van der Waals surface area (Å²) in [5, 5.41) is 12.5. The van der Waals surface area contributed by atoms with E-state index in [2.05, 4.69) is 5.32 Å². The summed E-state index contributed by atoms with van der Waals surface area (Å²) < 4.78 is 5.21. The van der Waals surface area contributed by atoms with Gasteiger partial charge < -0.3 is 20.1 Å². The molecule has 0 atom stereocenters. The van der Waals surface area contributed by atoms with Crippen LogP contribution in [0.15, 0.2) is 48.5 Å². The highest BCUT2D eigenvalue weighted by Crippen LogP contribution is 2.27. The third-order valence-electron chi connectivity index (χ3n) is 3.26. The smallest absolute Gasteiger partial charge is 0.243 e. The van der Waals surface area contributed by atoms with E-state index in [1.54, 1.807) is 23.1 Å². The molecule has 2 rings (SSSR count). The van der Waals surface area contributed by atoms with Crippen LogP contribution in [0.3, 0.4) is 0 Å². The highest BCUT2D eigenvalue weighted by Gasteiger charge is 2.13. The molecule has 0 fully saturated rings. The van der Waals surface area contributed by atoms with Gasteiger partial charge >= 0.3 is 0 Å². The van der Waals surface area contributed by atoms with Gasteiger partial charge in [0.25, 0.3) is 0 Å². The first-order valence-electron chi connectivity index (χ1n) is 7.18. The van der Waals surface area contributed by atoms with E-state index in [4.69, 9.17) is 16.3 Å². The Morgan fingerprint density at radius 2 is 2.00 bits per heavy atom. The van der Waals surface area contributed by atoms with Gasteiger partial charge in [0.05, 0.1) is 25.9 Å². The topological polar surface area (TPSA) is 61.8 Å². The molecular weight excluding hydrogens is 316 g/mol. The van der Waals surface area contributed by atoms with E-state index < -0.39 is 0 Å². The van der Waals surface area contributed by atoms with Crippen LogP contribution in [0, 0.1) is 0 Å². The Hall–Kier alpha value is -2.24. The zero-order chi connectivity index (χ0) is 16.7. The predicted octanol–water partition coefficient (Wildman–Crippen LogP) is 2.79. The second-order valence-electron chi connectivity index (χ2n) is 4.87. The number of benzene rings is 2. The standard InChI is InChI=1S/C17H19ClN2O3/c1-23-16-8-7-13(18)11-15(16)19-17(22)12-20(9-10-21)14-5-3-2-4-6-14/h2-8,11,21H,9-10,12H2,1H3,(H,19,22). The molecule has 1 amide bonds. The van der Waals surface area contributed by atoms with E-state index in [1.807, 2.05) is 30.3 Å².